The Hall–Kier alpha value is -3.35. The molecule has 0 fully saturated rings. The van der Waals surface area contributed by atoms with Crippen LogP contribution in [-0.4, -0.2) is 16.5 Å². The van der Waals surface area contributed by atoms with Gasteiger partial charge in [-0.15, -0.1) is 0 Å². The van der Waals surface area contributed by atoms with Gasteiger partial charge in [-0.25, -0.2) is 0 Å². The third-order valence-corrected chi connectivity index (χ3v) is 21.2. The lowest BCUT2D eigenvalue weighted by Crippen LogP contribution is -2.29. The van der Waals surface area contributed by atoms with Gasteiger partial charge in [-0.3, -0.25) is 0 Å². The molecular weight excluding hydrogens is 956 g/mol. The predicted molar refractivity (Wildman–Crippen MR) is 261 cm³/mol. The minimum atomic E-state index is -1.99. The number of halogens is 2. The summed E-state index contributed by atoms with van der Waals surface area (Å²) in [5.74, 6) is 0. The van der Waals surface area contributed by atoms with Crippen LogP contribution in [0.15, 0.2) is 191 Å². The fourth-order valence-electron chi connectivity index (χ4n) is 6.00. The largest absolute Gasteiger partial charge is 0.325 e. The van der Waals surface area contributed by atoms with Crippen LogP contribution >= 0.6 is 59.3 Å². The summed E-state index contributed by atoms with van der Waals surface area (Å²) in [5, 5.41) is 22.6. The number of nitriles is 2. The first-order valence-electron chi connectivity index (χ1n) is 17.5. The van der Waals surface area contributed by atoms with Gasteiger partial charge >= 0.3 is 0 Å². The van der Waals surface area contributed by atoms with Crippen LogP contribution in [0, 0.1) is 18.7 Å². The Labute approximate surface area is 353 Å². The molecule has 0 radical (unpaired) electrons. The van der Waals surface area contributed by atoms with Gasteiger partial charge in [-0.2, -0.15) is 10.5 Å². The highest BCUT2D eigenvalue weighted by Crippen LogP contribution is 2.49. The Kier molecular flexibility index (Phi) is 18.6. The van der Waals surface area contributed by atoms with Crippen molar-refractivity contribution < 1.29 is 0 Å². The van der Waals surface area contributed by atoms with Crippen molar-refractivity contribution in [3.05, 3.63) is 182 Å². The summed E-state index contributed by atoms with van der Waals surface area (Å²) in [6, 6.07) is 65.1. The van der Waals surface area contributed by atoms with Crippen molar-refractivity contribution in [3.8, 4) is 8.15 Å². The predicted octanol–water partition coefficient (Wildman–Crippen LogP) is 11.8. The molecule has 4 nitrogen and oxygen atoms in total. The summed E-state index contributed by atoms with van der Waals surface area (Å²) >= 11 is 3.19. The Morgan fingerprint density at radius 3 is 0.593 bits per heavy atom. The van der Waals surface area contributed by atoms with Gasteiger partial charge in [0.2, 0.25) is 0 Å². The van der Waals surface area contributed by atoms with Crippen molar-refractivity contribution >= 4 is 108 Å². The zero-order chi connectivity index (χ0) is 39.5. The minimum absolute atomic E-state index is 1.34. The zero-order valence-corrected chi connectivity index (χ0v) is 39.9. The second-order valence-corrected chi connectivity index (χ2v) is 30.9. The molecule has 0 aliphatic carbocycles. The first kappa shape index (κ1) is 45.0. The molecule has 10 heteroatoms. The maximum atomic E-state index is 7.31. The molecule has 6 aromatic rings. The van der Waals surface area contributed by atoms with Gasteiger partial charge in [-0.05, 0) is 31.8 Å². The highest BCUT2D eigenvalue weighted by molar-refractivity contribution is 14.1. The van der Waals surface area contributed by atoms with E-state index in [0.29, 0.717) is 0 Å². The maximum absolute atomic E-state index is 7.31. The minimum Gasteiger partial charge on any atom is -0.325 e. The molecular formula is C44H48I2N4P2Si2. The Morgan fingerprint density at radius 2 is 0.481 bits per heavy atom. The molecule has 6 aromatic carbocycles. The van der Waals surface area contributed by atoms with Crippen LogP contribution in [0.2, 0.25) is 39.3 Å². The molecule has 6 rings (SSSR count). The molecule has 0 heterocycles. The Bertz CT molecular complexity index is 1820. The lowest BCUT2D eigenvalue weighted by Gasteiger charge is -2.30. The SMILES string of the molecule is C[Si](C)(C)N=P(c1ccccc1)(c1ccccc1)c1ccccc1.C[Si](C)(C)N=P(c1ccccc1)(c1ccccc1)c1ccccc1.N#CI.N#CI. The normalized spacial score (nSPS) is 10.9. The third-order valence-electron chi connectivity index (χ3n) is 7.68. The van der Waals surface area contributed by atoms with E-state index in [1.54, 1.807) is 53.3 Å². The molecule has 0 aliphatic rings. The van der Waals surface area contributed by atoms with Gasteiger partial charge in [0.05, 0.1) is 45.2 Å². The molecule has 276 valence electrons. The van der Waals surface area contributed by atoms with E-state index in [4.69, 9.17) is 19.3 Å². The van der Waals surface area contributed by atoms with E-state index in [9.17, 15) is 0 Å². The molecule has 0 atom stereocenters. The fourth-order valence-corrected chi connectivity index (χ4v) is 21.4. The lowest BCUT2D eigenvalue weighted by molar-refractivity contribution is 1.58. The highest BCUT2D eigenvalue weighted by Gasteiger charge is 2.31. The Balaban J connectivity index is 0.000000254. The molecule has 0 aromatic heterocycles. The summed E-state index contributed by atoms with van der Waals surface area (Å²) in [4.78, 5) is 0. The smallest absolute Gasteiger partial charge is 0.171 e. The number of hydrogen-bond acceptors (Lipinski definition) is 4. The number of nitrogens with zero attached hydrogens (tertiary/aromatic N) is 4. The van der Waals surface area contributed by atoms with E-state index < -0.39 is 30.6 Å². The van der Waals surface area contributed by atoms with Crippen molar-refractivity contribution in [2.45, 2.75) is 39.3 Å². The van der Waals surface area contributed by atoms with Crippen LogP contribution in [0.1, 0.15) is 0 Å². The molecule has 0 unspecified atom stereocenters. The molecule has 0 amide bonds. The quantitative estimate of drug-likeness (QED) is 0.0866. The third kappa shape index (κ3) is 12.9. The fraction of sp³-hybridized carbons (Fsp3) is 0.136. The van der Waals surface area contributed by atoms with Crippen molar-refractivity contribution in [2.75, 3.05) is 0 Å². The Morgan fingerprint density at radius 1 is 0.352 bits per heavy atom. The lowest BCUT2D eigenvalue weighted by atomic mass is 10.4. The van der Waals surface area contributed by atoms with Crippen molar-refractivity contribution in [2.24, 2.45) is 8.82 Å². The van der Waals surface area contributed by atoms with Gasteiger partial charge in [0.25, 0.3) is 0 Å². The number of hydrogen-bond donors (Lipinski definition) is 0. The standard InChI is InChI=1S/2C21H24NPSi.2CIN/c2*1-24(2,3)22-23(19-13-7-4-8-14-19,20-15-9-5-10-16-20)21-17-11-6-12-18-21;2*2-1-3/h2*4-18H,1-3H3;;. The molecule has 0 spiro atoms. The van der Waals surface area contributed by atoms with E-state index >= 15 is 0 Å². The second kappa shape index (κ2) is 22.3. The van der Waals surface area contributed by atoms with Gasteiger partial charge in [0.15, 0.2) is 16.5 Å². The molecule has 0 bridgehead atoms. The summed E-state index contributed by atoms with van der Waals surface area (Å²) in [6.07, 6.45) is 0. The van der Waals surface area contributed by atoms with Gasteiger partial charge in [-0.1, -0.05) is 221 Å². The van der Waals surface area contributed by atoms with Gasteiger partial charge in [0.1, 0.15) is 8.15 Å². The van der Waals surface area contributed by atoms with Crippen LogP contribution in [0.5, 0.6) is 0 Å². The molecule has 0 N–H and O–H groups in total. The van der Waals surface area contributed by atoms with E-state index in [1.807, 2.05) is 0 Å². The van der Waals surface area contributed by atoms with E-state index in [0.717, 1.165) is 0 Å². The van der Waals surface area contributed by atoms with E-state index in [-0.39, 0.29) is 0 Å². The monoisotopic (exact) mass is 1000 g/mol. The maximum Gasteiger partial charge on any atom is 0.171 e. The first-order chi connectivity index (χ1) is 25.9. The average molecular weight is 1000 g/mol. The summed E-state index contributed by atoms with van der Waals surface area (Å²) < 4.78 is 14.6. The van der Waals surface area contributed by atoms with Crippen LogP contribution in [0.3, 0.4) is 0 Å². The second-order valence-electron chi connectivity index (χ2n) is 14.0. The van der Waals surface area contributed by atoms with Crippen molar-refractivity contribution in [1.29, 1.82) is 10.5 Å². The van der Waals surface area contributed by atoms with E-state index in [1.165, 1.54) is 31.8 Å². The van der Waals surface area contributed by atoms with Gasteiger partial charge < -0.3 is 8.82 Å². The molecule has 0 aliphatic heterocycles. The van der Waals surface area contributed by atoms with Crippen LogP contribution in [0.25, 0.3) is 0 Å². The summed E-state index contributed by atoms with van der Waals surface area (Å²) in [7, 11) is -7.31. The van der Waals surface area contributed by atoms with Crippen molar-refractivity contribution in [3.63, 3.8) is 0 Å². The summed E-state index contributed by atoms with van der Waals surface area (Å²) in [6.45, 7) is 14.0. The van der Waals surface area contributed by atoms with Crippen LogP contribution in [0.4, 0.5) is 0 Å². The number of benzene rings is 6. The van der Waals surface area contributed by atoms with Crippen molar-refractivity contribution in [1.82, 2.24) is 0 Å². The average Bonchev–Trinajstić information content (AvgIpc) is 3.18. The topological polar surface area (TPSA) is 72.3 Å². The van der Waals surface area contributed by atoms with Crippen LogP contribution < -0.4 is 31.8 Å². The molecule has 54 heavy (non-hydrogen) atoms. The first-order valence-corrected chi connectivity index (χ1v) is 30.0. The highest BCUT2D eigenvalue weighted by atomic mass is 127. The zero-order valence-electron chi connectivity index (χ0n) is 31.8. The number of rotatable bonds is 8. The molecule has 0 saturated carbocycles. The van der Waals surface area contributed by atoms with Crippen LogP contribution in [-0.2, 0) is 0 Å². The van der Waals surface area contributed by atoms with Gasteiger partial charge in [0, 0.05) is 14.1 Å². The van der Waals surface area contributed by atoms with E-state index in [2.05, 4.69) is 221 Å². The summed E-state index contributed by atoms with van der Waals surface area (Å²) in [5.41, 5.74) is 0. The molecule has 0 saturated heterocycles.